The summed E-state index contributed by atoms with van der Waals surface area (Å²) in [7, 11) is 1.97. The normalized spacial score (nSPS) is 13.5. The third kappa shape index (κ3) is 6.09. The lowest BCUT2D eigenvalue weighted by Crippen LogP contribution is -2.41. The number of guanidine groups is 1. The summed E-state index contributed by atoms with van der Waals surface area (Å²) in [4.78, 5) is 22.5. The molecule has 0 saturated heterocycles. The average Bonchev–Trinajstić information content (AvgIpc) is 3.14. The first-order valence-electron chi connectivity index (χ1n) is 9.13. The summed E-state index contributed by atoms with van der Waals surface area (Å²) in [5.41, 5.74) is 2.41. The predicted molar refractivity (Wildman–Crippen MR) is 128 cm³/mol. The molecular formula is C20H26ClIN4OS. The van der Waals surface area contributed by atoms with Gasteiger partial charge in [-0.25, -0.2) is 4.99 Å². The van der Waals surface area contributed by atoms with Crippen LogP contribution in [0, 0.1) is 0 Å². The van der Waals surface area contributed by atoms with Crippen LogP contribution in [-0.2, 0) is 24.3 Å². The number of aliphatic imine (C=N–C) groups is 1. The van der Waals surface area contributed by atoms with Crippen LogP contribution in [0.1, 0.15) is 22.9 Å². The van der Waals surface area contributed by atoms with Crippen LogP contribution in [-0.4, -0.2) is 48.3 Å². The fraction of sp³-hybridized carbons (Fsp3) is 0.400. The van der Waals surface area contributed by atoms with Crippen molar-refractivity contribution < 1.29 is 4.79 Å². The third-order valence-corrected chi connectivity index (χ3v) is 5.83. The fourth-order valence-electron chi connectivity index (χ4n) is 3.11. The van der Waals surface area contributed by atoms with Gasteiger partial charge in [-0.1, -0.05) is 23.7 Å². The molecule has 152 valence electrons. The molecule has 2 aromatic rings. The molecule has 3 rings (SSSR count). The summed E-state index contributed by atoms with van der Waals surface area (Å²) >= 11 is 7.73. The van der Waals surface area contributed by atoms with Gasteiger partial charge in [-0.05, 0) is 48.1 Å². The van der Waals surface area contributed by atoms with Gasteiger partial charge in [0.25, 0.3) is 0 Å². The van der Waals surface area contributed by atoms with E-state index in [9.17, 15) is 4.79 Å². The molecule has 8 heteroatoms. The van der Waals surface area contributed by atoms with Gasteiger partial charge in [0.2, 0.25) is 5.91 Å². The van der Waals surface area contributed by atoms with Crippen molar-refractivity contribution in [2.24, 2.45) is 4.99 Å². The first-order chi connectivity index (χ1) is 13.1. The monoisotopic (exact) mass is 532 g/mol. The van der Waals surface area contributed by atoms with E-state index in [-0.39, 0.29) is 36.4 Å². The predicted octanol–water partition coefficient (Wildman–Crippen LogP) is 4.00. The van der Waals surface area contributed by atoms with Gasteiger partial charge in [0.1, 0.15) is 6.54 Å². The molecule has 1 N–H and O–H groups in total. The van der Waals surface area contributed by atoms with E-state index in [1.165, 1.54) is 10.4 Å². The Hall–Kier alpha value is -1.32. The van der Waals surface area contributed by atoms with Crippen molar-refractivity contribution in [3.05, 3.63) is 56.7 Å². The molecular weight excluding hydrogens is 507 g/mol. The third-order valence-electron chi connectivity index (χ3n) is 4.55. The molecule has 0 radical (unpaired) electrons. The number of hydrogen-bond donors (Lipinski definition) is 1. The van der Waals surface area contributed by atoms with E-state index in [1.807, 2.05) is 48.0 Å². The summed E-state index contributed by atoms with van der Waals surface area (Å²) in [6, 6.07) is 9.88. The second-order valence-electron chi connectivity index (χ2n) is 6.59. The van der Waals surface area contributed by atoms with Crippen molar-refractivity contribution in [3.63, 3.8) is 0 Å². The maximum atomic E-state index is 12.6. The van der Waals surface area contributed by atoms with Crippen molar-refractivity contribution in [2.45, 2.75) is 26.4 Å². The molecule has 1 aromatic carbocycles. The zero-order valence-corrected chi connectivity index (χ0v) is 20.1. The molecule has 0 spiro atoms. The molecule has 1 amide bonds. The molecule has 0 aliphatic carbocycles. The highest BCUT2D eigenvalue weighted by Gasteiger charge is 2.21. The Labute approximate surface area is 192 Å². The van der Waals surface area contributed by atoms with E-state index in [2.05, 4.69) is 21.8 Å². The van der Waals surface area contributed by atoms with E-state index in [0.717, 1.165) is 36.1 Å². The van der Waals surface area contributed by atoms with Crippen LogP contribution in [0.4, 0.5) is 0 Å². The molecule has 1 aliphatic rings. The summed E-state index contributed by atoms with van der Waals surface area (Å²) in [5, 5.41) is 6.09. The van der Waals surface area contributed by atoms with E-state index in [0.29, 0.717) is 13.1 Å². The van der Waals surface area contributed by atoms with Crippen molar-refractivity contribution >= 4 is 58.8 Å². The lowest BCUT2D eigenvalue weighted by atomic mass is 10.1. The Balaban J connectivity index is 0.00000280. The number of fused-ring (bicyclic) bond motifs is 1. The van der Waals surface area contributed by atoms with Gasteiger partial charge in [0.15, 0.2) is 5.96 Å². The molecule has 1 aliphatic heterocycles. The Bertz CT molecular complexity index is 809. The van der Waals surface area contributed by atoms with Crippen LogP contribution in [0.5, 0.6) is 0 Å². The summed E-state index contributed by atoms with van der Waals surface area (Å²) in [6.07, 6.45) is 0.943. The van der Waals surface area contributed by atoms with Gasteiger partial charge >= 0.3 is 0 Å². The first-order valence-corrected chi connectivity index (χ1v) is 10.4. The standard InChI is InChI=1S/C20H25ClN4OS.HI/c1-3-22-20(24(2)13-15-4-6-17(21)7-5-15)23-12-19(26)25-10-8-18-16(14-25)9-11-27-18;/h4-7,9,11H,3,8,10,12-14H2,1-2H3,(H,22,23);1H. The van der Waals surface area contributed by atoms with Gasteiger partial charge in [0, 0.05) is 43.1 Å². The summed E-state index contributed by atoms with van der Waals surface area (Å²) in [5.74, 6) is 0.802. The van der Waals surface area contributed by atoms with E-state index >= 15 is 0 Å². The quantitative estimate of drug-likeness (QED) is 0.360. The smallest absolute Gasteiger partial charge is 0.244 e. The first kappa shape index (κ1) is 23.0. The molecule has 0 unspecified atom stereocenters. The van der Waals surface area contributed by atoms with Crippen LogP contribution < -0.4 is 5.32 Å². The Morgan fingerprint density at radius 3 is 2.79 bits per heavy atom. The second kappa shape index (κ2) is 11.0. The van der Waals surface area contributed by atoms with E-state index < -0.39 is 0 Å². The number of hydrogen-bond acceptors (Lipinski definition) is 3. The maximum Gasteiger partial charge on any atom is 0.244 e. The summed E-state index contributed by atoms with van der Waals surface area (Å²) in [6.45, 7) is 5.10. The number of nitrogens with one attached hydrogen (secondary N) is 1. The molecule has 0 bridgehead atoms. The van der Waals surface area contributed by atoms with Gasteiger partial charge < -0.3 is 15.1 Å². The van der Waals surface area contributed by atoms with Crippen molar-refractivity contribution in [1.82, 2.24) is 15.1 Å². The molecule has 0 saturated carbocycles. The van der Waals surface area contributed by atoms with E-state index in [1.54, 1.807) is 11.3 Å². The Kier molecular flexibility index (Phi) is 9.04. The number of nitrogens with zero attached hydrogens (tertiary/aromatic N) is 3. The maximum absolute atomic E-state index is 12.6. The van der Waals surface area contributed by atoms with Gasteiger partial charge in [0.05, 0.1) is 0 Å². The fourth-order valence-corrected chi connectivity index (χ4v) is 4.13. The van der Waals surface area contributed by atoms with Crippen molar-refractivity contribution in [3.8, 4) is 0 Å². The lowest BCUT2D eigenvalue weighted by molar-refractivity contribution is -0.130. The molecule has 0 fully saturated rings. The molecule has 2 heterocycles. The van der Waals surface area contributed by atoms with Crippen LogP contribution in [0.3, 0.4) is 0 Å². The number of benzene rings is 1. The number of amides is 1. The number of thiophene rings is 1. The lowest BCUT2D eigenvalue weighted by Gasteiger charge is -2.27. The zero-order valence-electron chi connectivity index (χ0n) is 16.2. The SMILES string of the molecule is CCNC(=NCC(=O)N1CCc2sccc2C1)N(C)Cc1ccc(Cl)cc1.I. The van der Waals surface area contributed by atoms with Crippen molar-refractivity contribution in [1.29, 1.82) is 0 Å². The molecule has 5 nitrogen and oxygen atoms in total. The topological polar surface area (TPSA) is 47.9 Å². The highest BCUT2D eigenvalue weighted by molar-refractivity contribution is 14.0. The minimum Gasteiger partial charge on any atom is -0.357 e. The number of halogens is 2. The van der Waals surface area contributed by atoms with Crippen LogP contribution in [0.15, 0.2) is 40.7 Å². The van der Waals surface area contributed by atoms with Crippen LogP contribution in [0.25, 0.3) is 0 Å². The van der Waals surface area contributed by atoms with Crippen LogP contribution in [0.2, 0.25) is 5.02 Å². The van der Waals surface area contributed by atoms with Crippen LogP contribution >= 0.6 is 46.9 Å². The number of rotatable bonds is 5. The molecule has 0 atom stereocenters. The average molecular weight is 533 g/mol. The minimum atomic E-state index is 0. The summed E-state index contributed by atoms with van der Waals surface area (Å²) < 4.78 is 0. The Morgan fingerprint density at radius 2 is 2.07 bits per heavy atom. The van der Waals surface area contributed by atoms with Gasteiger partial charge in [-0.2, -0.15) is 0 Å². The second-order valence-corrected chi connectivity index (χ2v) is 8.02. The largest absolute Gasteiger partial charge is 0.357 e. The van der Waals surface area contributed by atoms with Gasteiger partial charge in [-0.3, -0.25) is 4.79 Å². The number of carbonyl (C=O) groups is 1. The number of carbonyl (C=O) groups excluding carboxylic acids is 1. The van der Waals surface area contributed by atoms with Crippen molar-refractivity contribution in [2.75, 3.05) is 26.7 Å². The molecule has 1 aromatic heterocycles. The zero-order chi connectivity index (χ0) is 19.2. The minimum absolute atomic E-state index is 0. The highest BCUT2D eigenvalue weighted by atomic mass is 127. The highest BCUT2D eigenvalue weighted by Crippen LogP contribution is 2.23. The van der Waals surface area contributed by atoms with Gasteiger partial charge in [-0.15, -0.1) is 35.3 Å². The Morgan fingerprint density at radius 1 is 1.32 bits per heavy atom. The molecule has 28 heavy (non-hydrogen) atoms. The van der Waals surface area contributed by atoms with E-state index in [4.69, 9.17) is 11.6 Å².